The Morgan fingerprint density at radius 2 is 1.46 bits per heavy atom. The summed E-state index contributed by atoms with van der Waals surface area (Å²) in [6.45, 7) is 0. The highest BCUT2D eigenvalue weighted by Crippen LogP contribution is 2.79. The summed E-state index contributed by atoms with van der Waals surface area (Å²) in [5.74, 6) is 0.847. The fraction of sp³-hybridized carbons (Fsp3) is 0.333. The predicted molar refractivity (Wildman–Crippen MR) is 141 cm³/mol. The molecule has 174 valence electrons. The van der Waals surface area contributed by atoms with Gasteiger partial charge in [0.2, 0.25) is 0 Å². The Hall–Kier alpha value is -3.26. The molecule has 0 aliphatic heterocycles. The van der Waals surface area contributed by atoms with E-state index in [4.69, 9.17) is 4.98 Å². The zero-order chi connectivity index (χ0) is 23.5. The highest BCUT2D eigenvalue weighted by molar-refractivity contribution is 6.06. The first-order valence-electron chi connectivity index (χ1n) is 13.2. The lowest BCUT2D eigenvalue weighted by atomic mass is 9.49. The molecule has 0 radical (unpaired) electrons. The van der Waals surface area contributed by atoms with Gasteiger partial charge in [0.05, 0.1) is 0 Å². The third kappa shape index (κ3) is 2.83. The van der Waals surface area contributed by atoms with Gasteiger partial charge in [-0.25, -0.2) is 0 Å². The van der Waals surface area contributed by atoms with Crippen LogP contribution in [0.5, 0.6) is 0 Å². The smallest absolute Gasteiger partial charge is 0.170 e. The van der Waals surface area contributed by atoms with Crippen molar-refractivity contribution in [2.75, 3.05) is 0 Å². The van der Waals surface area contributed by atoms with E-state index in [1.54, 1.807) is 0 Å². The van der Waals surface area contributed by atoms with E-state index in [2.05, 4.69) is 84.9 Å². The molecule has 1 aromatic heterocycles. The van der Waals surface area contributed by atoms with Gasteiger partial charge in [0.25, 0.3) is 0 Å². The standard InChI is InChI=1S/C33H31NO/c35-30(26-18-17-24-10-4-5-11-25(24)20-26)32-21-31(22-32,27-12-2-1-3-13-27)23-33(32,28-14-6-7-15-28)29-16-8-9-19-34-29/h1-5,8-13,16-20,28H,6-7,14-15,21-23H2/t31?,32?,33-/m1/s1. The van der Waals surface area contributed by atoms with Crippen LogP contribution in [0.3, 0.4) is 0 Å². The van der Waals surface area contributed by atoms with Crippen molar-refractivity contribution in [3.8, 4) is 0 Å². The average Bonchev–Trinajstić information content (AvgIpc) is 3.61. The second-order valence-corrected chi connectivity index (χ2v) is 11.3. The number of fused-ring (bicyclic) bond motifs is 2. The Balaban J connectivity index is 1.43. The number of Topliss-reactive ketones (excluding diaryl/α,β-unsaturated/α-hetero) is 1. The molecule has 2 nitrogen and oxygen atoms in total. The largest absolute Gasteiger partial charge is 0.294 e. The number of ketones is 1. The number of nitrogens with zero attached hydrogens (tertiary/aromatic N) is 1. The van der Waals surface area contributed by atoms with Crippen molar-refractivity contribution in [2.45, 2.75) is 55.8 Å². The van der Waals surface area contributed by atoms with Crippen molar-refractivity contribution in [1.82, 2.24) is 4.98 Å². The Bertz CT molecular complexity index is 1400. The Kier molecular flexibility index (Phi) is 4.58. The summed E-state index contributed by atoms with van der Waals surface area (Å²) in [7, 11) is 0. The highest BCUT2D eigenvalue weighted by atomic mass is 16.1. The molecule has 1 atom stereocenters. The molecule has 4 aliphatic rings. The predicted octanol–water partition coefficient (Wildman–Crippen LogP) is 7.67. The molecule has 0 amide bonds. The number of aromatic nitrogens is 1. The molecule has 4 saturated carbocycles. The van der Waals surface area contributed by atoms with E-state index in [9.17, 15) is 4.79 Å². The number of benzene rings is 3. The average molecular weight is 458 g/mol. The number of carbonyl (C=O) groups is 1. The van der Waals surface area contributed by atoms with Crippen LogP contribution < -0.4 is 0 Å². The molecular weight excluding hydrogens is 426 g/mol. The third-order valence-corrected chi connectivity index (χ3v) is 9.76. The zero-order valence-corrected chi connectivity index (χ0v) is 20.1. The first-order valence-corrected chi connectivity index (χ1v) is 13.2. The van der Waals surface area contributed by atoms with Gasteiger partial charge >= 0.3 is 0 Å². The van der Waals surface area contributed by atoms with E-state index < -0.39 is 5.41 Å². The van der Waals surface area contributed by atoms with Gasteiger partial charge in [0.1, 0.15) is 0 Å². The summed E-state index contributed by atoms with van der Waals surface area (Å²) in [4.78, 5) is 19.7. The zero-order valence-electron chi connectivity index (χ0n) is 20.1. The quantitative estimate of drug-likeness (QED) is 0.288. The van der Waals surface area contributed by atoms with Crippen LogP contribution in [0, 0.1) is 11.3 Å². The van der Waals surface area contributed by atoms with Crippen molar-refractivity contribution >= 4 is 16.6 Å². The molecule has 0 N–H and O–H groups in total. The molecule has 0 spiro atoms. The Morgan fingerprint density at radius 3 is 2.20 bits per heavy atom. The molecule has 35 heavy (non-hydrogen) atoms. The molecule has 1 heterocycles. The van der Waals surface area contributed by atoms with Gasteiger partial charge in [-0.3, -0.25) is 9.78 Å². The van der Waals surface area contributed by atoms with Crippen LogP contribution in [0.25, 0.3) is 10.8 Å². The first kappa shape index (κ1) is 21.1. The number of pyridine rings is 1. The highest BCUT2D eigenvalue weighted by Gasteiger charge is 2.78. The molecule has 4 aromatic rings. The number of carbonyl (C=O) groups excluding carboxylic acids is 1. The second-order valence-electron chi connectivity index (χ2n) is 11.3. The number of rotatable bonds is 5. The fourth-order valence-corrected chi connectivity index (χ4v) is 8.44. The molecule has 2 bridgehead atoms. The summed E-state index contributed by atoms with van der Waals surface area (Å²) in [5, 5.41) is 2.33. The normalized spacial score (nSPS) is 29.8. The van der Waals surface area contributed by atoms with Crippen molar-refractivity contribution in [1.29, 1.82) is 0 Å². The molecule has 2 heteroatoms. The fourth-order valence-electron chi connectivity index (χ4n) is 8.44. The monoisotopic (exact) mass is 457 g/mol. The van der Waals surface area contributed by atoms with Crippen LogP contribution in [0.15, 0.2) is 97.2 Å². The second kappa shape index (κ2) is 7.62. The minimum absolute atomic E-state index is 0.0634. The van der Waals surface area contributed by atoms with E-state index in [-0.39, 0.29) is 10.8 Å². The number of hydrogen-bond acceptors (Lipinski definition) is 2. The van der Waals surface area contributed by atoms with Gasteiger partial charge in [0.15, 0.2) is 5.78 Å². The molecule has 3 aromatic carbocycles. The van der Waals surface area contributed by atoms with E-state index in [1.807, 2.05) is 12.3 Å². The first-order chi connectivity index (χ1) is 17.2. The molecule has 0 saturated heterocycles. The van der Waals surface area contributed by atoms with Crippen LogP contribution in [-0.2, 0) is 10.8 Å². The van der Waals surface area contributed by atoms with Gasteiger partial charge in [-0.15, -0.1) is 0 Å². The van der Waals surface area contributed by atoms with Gasteiger partial charge in [-0.05, 0) is 78.0 Å². The summed E-state index contributed by atoms with van der Waals surface area (Å²) in [6, 6.07) is 32.0. The molecule has 4 aliphatic carbocycles. The summed E-state index contributed by atoms with van der Waals surface area (Å²) < 4.78 is 0. The molecular formula is C33H31NO. The van der Waals surface area contributed by atoms with E-state index in [0.29, 0.717) is 11.7 Å². The number of hydrogen-bond donors (Lipinski definition) is 0. The van der Waals surface area contributed by atoms with Crippen LogP contribution in [-0.4, -0.2) is 10.8 Å². The maximum Gasteiger partial charge on any atom is 0.170 e. The van der Waals surface area contributed by atoms with E-state index in [1.165, 1.54) is 36.6 Å². The summed E-state index contributed by atoms with van der Waals surface area (Å²) in [6.07, 6.45) is 9.76. The maximum absolute atomic E-state index is 14.7. The Labute approximate surface area is 207 Å². The van der Waals surface area contributed by atoms with Crippen molar-refractivity contribution < 1.29 is 4.79 Å². The molecule has 0 unspecified atom stereocenters. The maximum atomic E-state index is 14.7. The van der Waals surface area contributed by atoms with Gasteiger partial charge in [-0.2, -0.15) is 0 Å². The van der Waals surface area contributed by atoms with Crippen molar-refractivity contribution in [2.24, 2.45) is 11.3 Å². The van der Waals surface area contributed by atoms with E-state index in [0.717, 1.165) is 35.9 Å². The van der Waals surface area contributed by atoms with Gasteiger partial charge in [-0.1, -0.05) is 85.6 Å². The SMILES string of the molecule is O=C(c1ccc2ccccc2c1)C12CC(c3ccccc3)(C1)C[C@]2(c1ccccn1)C1CCCC1. The minimum atomic E-state index is -0.394. The Morgan fingerprint density at radius 1 is 0.743 bits per heavy atom. The summed E-state index contributed by atoms with van der Waals surface area (Å²) >= 11 is 0. The van der Waals surface area contributed by atoms with Crippen LogP contribution >= 0.6 is 0 Å². The molecule has 8 rings (SSSR count). The third-order valence-electron chi connectivity index (χ3n) is 9.76. The van der Waals surface area contributed by atoms with Crippen molar-refractivity contribution in [3.05, 3.63) is 114 Å². The van der Waals surface area contributed by atoms with Crippen LogP contribution in [0.2, 0.25) is 0 Å². The lowest BCUT2D eigenvalue weighted by molar-refractivity contribution is 0.0278. The lowest BCUT2D eigenvalue weighted by Gasteiger charge is -2.52. The van der Waals surface area contributed by atoms with Gasteiger partial charge in [0, 0.05) is 28.3 Å². The van der Waals surface area contributed by atoms with E-state index >= 15 is 0 Å². The lowest BCUT2D eigenvalue weighted by Crippen LogP contribution is -2.55. The minimum Gasteiger partial charge on any atom is -0.294 e. The van der Waals surface area contributed by atoms with Crippen molar-refractivity contribution in [3.63, 3.8) is 0 Å². The topological polar surface area (TPSA) is 30.0 Å². The van der Waals surface area contributed by atoms with Crippen LogP contribution in [0.4, 0.5) is 0 Å². The molecule has 4 fully saturated rings. The van der Waals surface area contributed by atoms with Crippen LogP contribution in [0.1, 0.15) is 66.6 Å². The van der Waals surface area contributed by atoms with Gasteiger partial charge < -0.3 is 0 Å². The summed E-state index contributed by atoms with van der Waals surface area (Å²) in [5.41, 5.74) is 2.88.